The molecule has 148 valence electrons. The van der Waals surface area contributed by atoms with Crippen molar-refractivity contribution in [3.05, 3.63) is 52.8 Å². The van der Waals surface area contributed by atoms with Crippen LogP contribution in [0, 0.1) is 0 Å². The number of nitrogens with zero attached hydrogens (tertiary/aromatic N) is 2. The van der Waals surface area contributed by atoms with Gasteiger partial charge in [-0.05, 0) is 36.6 Å². The normalized spacial score (nSPS) is 18.8. The van der Waals surface area contributed by atoms with E-state index >= 15 is 0 Å². The summed E-state index contributed by atoms with van der Waals surface area (Å²) in [6, 6.07) is 9.31. The third kappa shape index (κ3) is 4.56. The average molecular weight is 403 g/mol. The summed E-state index contributed by atoms with van der Waals surface area (Å²) in [5.74, 6) is 1.33. The first-order valence-electron chi connectivity index (χ1n) is 9.56. The van der Waals surface area contributed by atoms with Gasteiger partial charge in [0.15, 0.2) is 11.5 Å². The molecular formula is C21H23ClN2O4. The molecule has 2 aliphatic heterocycles. The highest BCUT2D eigenvalue weighted by Gasteiger charge is 2.25. The zero-order valence-corrected chi connectivity index (χ0v) is 16.4. The maximum absolute atomic E-state index is 12.8. The number of ether oxygens (including phenoxy) is 3. The first-order chi connectivity index (χ1) is 13.7. The van der Waals surface area contributed by atoms with Gasteiger partial charge in [-0.3, -0.25) is 9.78 Å². The molecule has 0 bridgehead atoms. The highest BCUT2D eigenvalue weighted by atomic mass is 35.5. The minimum atomic E-state index is 0.0236. The summed E-state index contributed by atoms with van der Waals surface area (Å²) in [6.45, 7) is 2.80. The first-order valence-corrected chi connectivity index (χ1v) is 9.94. The molecule has 0 saturated carbocycles. The molecule has 2 aromatic rings. The van der Waals surface area contributed by atoms with E-state index in [9.17, 15) is 4.79 Å². The molecule has 28 heavy (non-hydrogen) atoms. The van der Waals surface area contributed by atoms with E-state index < -0.39 is 0 Å². The van der Waals surface area contributed by atoms with Gasteiger partial charge in [-0.25, -0.2) is 0 Å². The van der Waals surface area contributed by atoms with Crippen LogP contribution in [0.25, 0.3) is 0 Å². The minimum absolute atomic E-state index is 0.0236. The Kier molecular flexibility index (Phi) is 5.98. The van der Waals surface area contributed by atoms with Gasteiger partial charge in [0.1, 0.15) is 13.2 Å². The second-order valence-corrected chi connectivity index (χ2v) is 7.41. The monoisotopic (exact) mass is 402 g/mol. The number of hydrogen-bond donors (Lipinski definition) is 0. The van der Waals surface area contributed by atoms with E-state index in [1.807, 2.05) is 29.2 Å². The molecule has 6 nitrogen and oxygen atoms in total. The molecule has 2 aliphatic rings. The molecule has 1 aromatic heterocycles. The number of halogens is 1. The Balaban J connectivity index is 1.35. The van der Waals surface area contributed by atoms with E-state index in [0.29, 0.717) is 42.9 Å². The molecule has 0 aliphatic carbocycles. The predicted octanol–water partition coefficient (Wildman–Crippen LogP) is 3.26. The Bertz CT molecular complexity index is 831. The zero-order chi connectivity index (χ0) is 19.3. The third-order valence-corrected chi connectivity index (χ3v) is 5.33. The number of rotatable bonds is 5. The third-order valence-electron chi connectivity index (χ3n) is 4.98. The van der Waals surface area contributed by atoms with Gasteiger partial charge in [-0.2, -0.15) is 0 Å². The SMILES string of the molecule is O=C(Cc1cc2c(cc1Cl)OCCO2)N1CCCC(OCc2ccccn2)C1. The van der Waals surface area contributed by atoms with E-state index in [2.05, 4.69) is 4.98 Å². The van der Waals surface area contributed by atoms with Crippen LogP contribution in [-0.2, 0) is 22.6 Å². The Morgan fingerprint density at radius 2 is 2.07 bits per heavy atom. The zero-order valence-electron chi connectivity index (χ0n) is 15.6. The molecule has 1 amide bonds. The van der Waals surface area contributed by atoms with E-state index in [-0.39, 0.29) is 18.4 Å². The second kappa shape index (κ2) is 8.80. The summed E-state index contributed by atoms with van der Waals surface area (Å²) in [6.07, 6.45) is 3.89. The van der Waals surface area contributed by atoms with Crippen LogP contribution in [-0.4, -0.2) is 48.2 Å². The predicted molar refractivity (Wildman–Crippen MR) is 105 cm³/mol. The first kappa shape index (κ1) is 19.0. The van der Waals surface area contributed by atoms with Crippen LogP contribution < -0.4 is 9.47 Å². The summed E-state index contributed by atoms with van der Waals surface area (Å²) < 4.78 is 17.1. The minimum Gasteiger partial charge on any atom is -0.486 e. The fraction of sp³-hybridized carbons (Fsp3) is 0.429. The maximum Gasteiger partial charge on any atom is 0.227 e. The molecule has 0 N–H and O–H groups in total. The lowest BCUT2D eigenvalue weighted by Crippen LogP contribution is -2.43. The van der Waals surface area contributed by atoms with Crippen molar-refractivity contribution in [2.45, 2.75) is 32.0 Å². The number of amides is 1. The Hall–Kier alpha value is -2.31. The molecule has 0 radical (unpaired) electrons. The second-order valence-electron chi connectivity index (χ2n) is 7.00. The summed E-state index contributed by atoms with van der Waals surface area (Å²) in [7, 11) is 0. The highest BCUT2D eigenvalue weighted by Crippen LogP contribution is 2.35. The Labute approximate surface area is 169 Å². The fourth-order valence-corrected chi connectivity index (χ4v) is 3.72. The van der Waals surface area contributed by atoms with Crippen molar-refractivity contribution in [2.75, 3.05) is 26.3 Å². The van der Waals surface area contributed by atoms with Crippen LogP contribution in [0.1, 0.15) is 24.1 Å². The van der Waals surface area contributed by atoms with Crippen LogP contribution in [0.15, 0.2) is 36.5 Å². The Morgan fingerprint density at radius 1 is 1.25 bits per heavy atom. The van der Waals surface area contributed by atoms with E-state index in [0.717, 1.165) is 30.6 Å². The summed E-state index contributed by atoms with van der Waals surface area (Å²) in [5.41, 5.74) is 1.65. The number of carbonyl (C=O) groups excluding carboxylic acids is 1. The van der Waals surface area contributed by atoms with Gasteiger partial charge in [-0.15, -0.1) is 0 Å². The van der Waals surface area contributed by atoms with Gasteiger partial charge in [0, 0.05) is 30.4 Å². The fourth-order valence-electron chi connectivity index (χ4n) is 3.50. The Morgan fingerprint density at radius 3 is 2.86 bits per heavy atom. The lowest BCUT2D eigenvalue weighted by molar-refractivity contribution is -0.134. The summed E-state index contributed by atoms with van der Waals surface area (Å²) in [5, 5.41) is 0.526. The van der Waals surface area contributed by atoms with Crippen molar-refractivity contribution < 1.29 is 19.0 Å². The molecular weight excluding hydrogens is 380 g/mol. The van der Waals surface area contributed by atoms with Crippen molar-refractivity contribution in [3.63, 3.8) is 0 Å². The maximum atomic E-state index is 12.8. The molecule has 7 heteroatoms. The van der Waals surface area contributed by atoms with Gasteiger partial charge >= 0.3 is 0 Å². The standard InChI is InChI=1S/C21H23ClN2O4/c22-18-12-20-19(26-8-9-27-20)10-15(18)11-21(25)24-7-3-5-17(13-24)28-14-16-4-1-2-6-23-16/h1-2,4,6,10,12,17H,3,5,7-9,11,13-14H2. The van der Waals surface area contributed by atoms with Crippen molar-refractivity contribution in [3.8, 4) is 11.5 Å². The van der Waals surface area contributed by atoms with Gasteiger partial charge in [0.05, 0.1) is 24.8 Å². The summed E-state index contributed by atoms with van der Waals surface area (Å²) >= 11 is 6.35. The molecule has 3 heterocycles. The average Bonchev–Trinajstić information content (AvgIpc) is 2.74. The van der Waals surface area contributed by atoms with E-state index in [1.165, 1.54) is 0 Å². The summed E-state index contributed by atoms with van der Waals surface area (Å²) in [4.78, 5) is 19.0. The van der Waals surface area contributed by atoms with Crippen molar-refractivity contribution >= 4 is 17.5 Å². The van der Waals surface area contributed by atoms with Crippen molar-refractivity contribution in [1.82, 2.24) is 9.88 Å². The van der Waals surface area contributed by atoms with Gasteiger partial charge in [-0.1, -0.05) is 17.7 Å². The quantitative estimate of drug-likeness (QED) is 0.768. The van der Waals surface area contributed by atoms with E-state index in [4.69, 9.17) is 25.8 Å². The number of carbonyl (C=O) groups is 1. The van der Waals surface area contributed by atoms with Crippen LogP contribution in [0.3, 0.4) is 0 Å². The van der Waals surface area contributed by atoms with Crippen molar-refractivity contribution in [2.24, 2.45) is 0 Å². The van der Waals surface area contributed by atoms with Crippen LogP contribution in [0.4, 0.5) is 0 Å². The molecule has 1 aromatic carbocycles. The largest absolute Gasteiger partial charge is 0.486 e. The van der Waals surface area contributed by atoms with Crippen LogP contribution >= 0.6 is 11.6 Å². The van der Waals surface area contributed by atoms with Crippen LogP contribution in [0.2, 0.25) is 5.02 Å². The number of hydrogen-bond acceptors (Lipinski definition) is 5. The number of likely N-dealkylation sites (tertiary alicyclic amines) is 1. The topological polar surface area (TPSA) is 60.9 Å². The molecule has 4 rings (SSSR count). The molecule has 0 spiro atoms. The van der Waals surface area contributed by atoms with Gasteiger partial charge in [0.25, 0.3) is 0 Å². The van der Waals surface area contributed by atoms with Gasteiger partial charge in [0.2, 0.25) is 5.91 Å². The molecule has 1 fully saturated rings. The number of aromatic nitrogens is 1. The van der Waals surface area contributed by atoms with E-state index in [1.54, 1.807) is 12.3 Å². The molecule has 1 atom stereocenters. The van der Waals surface area contributed by atoms with Gasteiger partial charge < -0.3 is 19.1 Å². The molecule has 1 unspecified atom stereocenters. The lowest BCUT2D eigenvalue weighted by Gasteiger charge is -2.33. The molecule has 1 saturated heterocycles. The van der Waals surface area contributed by atoms with Crippen molar-refractivity contribution in [1.29, 1.82) is 0 Å². The van der Waals surface area contributed by atoms with Crippen LogP contribution in [0.5, 0.6) is 11.5 Å². The number of piperidine rings is 1. The highest BCUT2D eigenvalue weighted by molar-refractivity contribution is 6.31. The number of benzene rings is 1. The number of fused-ring (bicyclic) bond motifs is 1. The number of pyridine rings is 1. The lowest BCUT2D eigenvalue weighted by atomic mass is 10.1. The smallest absolute Gasteiger partial charge is 0.227 e.